The van der Waals surface area contributed by atoms with Gasteiger partial charge in [0, 0.05) is 6.54 Å². The molecule has 0 aromatic heterocycles. The molecule has 14 heavy (non-hydrogen) atoms. The van der Waals surface area contributed by atoms with E-state index >= 15 is 0 Å². The molecule has 5 nitrogen and oxygen atoms in total. The summed E-state index contributed by atoms with van der Waals surface area (Å²) >= 11 is 0. The Kier molecular flexibility index (Phi) is 3.72. The average molecular weight is 203 g/mol. The van der Waals surface area contributed by atoms with Crippen molar-refractivity contribution in [2.24, 2.45) is 0 Å². The third kappa shape index (κ3) is 2.65. The Morgan fingerprint density at radius 2 is 2.07 bits per heavy atom. The molecule has 2 N–H and O–H groups in total. The average Bonchev–Trinajstić information content (AvgIpc) is 2.63. The SMILES string of the molecule is OC1COCC1NCC1COCCO1. The predicted molar refractivity (Wildman–Crippen MR) is 49.2 cm³/mol. The van der Waals surface area contributed by atoms with Crippen LogP contribution < -0.4 is 5.32 Å². The molecule has 0 aromatic rings. The summed E-state index contributed by atoms with van der Waals surface area (Å²) in [5, 5.41) is 12.7. The molecule has 2 heterocycles. The molecular weight excluding hydrogens is 186 g/mol. The van der Waals surface area contributed by atoms with Gasteiger partial charge in [-0.15, -0.1) is 0 Å². The monoisotopic (exact) mass is 203 g/mol. The van der Waals surface area contributed by atoms with E-state index in [1.54, 1.807) is 0 Å². The number of hydrogen-bond donors (Lipinski definition) is 2. The van der Waals surface area contributed by atoms with Gasteiger partial charge in [0.05, 0.1) is 51.3 Å². The Bertz CT molecular complexity index is 172. The Hall–Kier alpha value is -0.200. The summed E-state index contributed by atoms with van der Waals surface area (Å²) in [6.07, 6.45) is -0.281. The van der Waals surface area contributed by atoms with Crippen molar-refractivity contribution in [2.45, 2.75) is 18.2 Å². The molecule has 5 heteroatoms. The summed E-state index contributed by atoms with van der Waals surface area (Å²) in [4.78, 5) is 0. The lowest BCUT2D eigenvalue weighted by molar-refractivity contribution is -0.0876. The van der Waals surface area contributed by atoms with Crippen LogP contribution >= 0.6 is 0 Å². The zero-order valence-corrected chi connectivity index (χ0v) is 8.15. The lowest BCUT2D eigenvalue weighted by atomic mass is 10.2. The molecule has 0 aliphatic carbocycles. The number of aliphatic hydroxyl groups is 1. The first-order valence-electron chi connectivity index (χ1n) is 5.05. The van der Waals surface area contributed by atoms with Gasteiger partial charge in [0.15, 0.2) is 0 Å². The molecule has 0 radical (unpaired) electrons. The molecule has 82 valence electrons. The number of aliphatic hydroxyl groups excluding tert-OH is 1. The minimum absolute atomic E-state index is 0.0422. The Morgan fingerprint density at radius 1 is 1.14 bits per heavy atom. The van der Waals surface area contributed by atoms with E-state index in [-0.39, 0.29) is 18.2 Å². The quantitative estimate of drug-likeness (QED) is 0.600. The van der Waals surface area contributed by atoms with Gasteiger partial charge in [-0.05, 0) is 0 Å². The van der Waals surface area contributed by atoms with E-state index in [4.69, 9.17) is 14.2 Å². The summed E-state index contributed by atoms with van der Waals surface area (Å²) in [5.41, 5.74) is 0. The van der Waals surface area contributed by atoms with E-state index in [0.717, 1.165) is 0 Å². The van der Waals surface area contributed by atoms with Gasteiger partial charge in [-0.3, -0.25) is 0 Å². The van der Waals surface area contributed by atoms with Crippen molar-refractivity contribution in [3.8, 4) is 0 Å². The Labute approximate surface area is 83.3 Å². The molecule has 2 aliphatic heterocycles. The second kappa shape index (κ2) is 5.04. The lowest BCUT2D eigenvalue weighted by Gasteiger charge is -2.25. The van der Waals surface area contributed by atoms with Gasteiger partial charge in [0.25, 0.3) is 0 Å². The molecular formula is C9H17NO4. The fourth-order valence-electron chi connectivity index (χ4n) is 1.68. The van der Waals surface area contributed by atoms with Crippen LogP contribution in [0.15, 0.2) is 0 Å². The lowest BCUT2D eigenvalue weighted by Crippen LogP contribution is -2.45. The van der Waals surface area contributed by atoms with Gasteiger partial charge in [0.1, 0.15) is 0 Å². The van der Waals surface area contributed by atoms with Crippen molar-refractivity contribution in [1.82, 2.24) is 5.32 Å². The topological polar surface area (TPSA) is 60.0 Å². The fraction of sp³-hybridized carbons (Fsp3) is 1.00. The van der Waals surface area contributed by atoms with E-state index in [1.807, 2.05) is 0 Å². The molecule has 2 fully saturated rings. The first-order valence-corrected chi connectivity index (χ1v) is 5.05. The minimum atomic E-state index is -0.389. The van der Waals surface area contributed by atoms with Crippen LogP contribution in [0.2, 0.25) is 0 Å². The van der Waals surface area contributed by atoms with Crippen molar-refractivity contribution in [3.05, 3.63) is 0 Å². The third-order valence-electron chi connectivity index (χ3n) is 2.54. The Balaban J connectivity index is 1.65. The number of nitrogens with one attached hydrogen (secondary N) is 1. The predicted octanol–water partition coefficient (Wildman–Crippen LogP) is -1.25. The molecule has 3 unspecified atom stereocenters. The Morgan fingerprint density at radius 3 is 2.71 bits per heavy atom. The highest BCUT2D eigenvalue weighted by atomic mass is 16.6. The van der Waals surface area contributed by atoms with Crippen LogP contribution in [0.25, 0.3) is 0 Å². The smallest absolute Gasteiger partial charge is 0.0948 e. The standard InChI is InChI=1S/C9H17NO4/c11-9-6-13-5-8(9)10-3-7-4-12-1-2-14-7/h7-11H,1-6H2. The van der Waals surface area contributed by atoms with Crippen molar-refractivity contribution in [2.75, 3.05) is 39.6 Å². The molecule has 0 bridgehead atoms. The summed E-state index contributed by atoms with van der Waals surface area (Å²) < 4.78 is 15.9. The molecule has 0 amide bonds. The number of rotatable bonds is 3. The van der Waals surface area contributed by atoms with Gasteiger partial charge in [-0.2, -0.15) is 0 Å². The maximum atomic E-state index is 9.46. The van der Waals surface area contributed by atoms with Crippen LogP contribution in [0.1, 0.15) is 0 Å². The first-order chi connectivity index (χ1) is 6.86. The summed E-state index contributed by atoms with van der Waals surface area (Å²) in [6, 6.07) is 0.0422. The van der Waals surface area contributed by atoms with Crippen LogP contribution in [-0.4, -0.2) is 62.9 Å². The molecule has 2 saturated heterocycles. The molecule has 2 aliphatic rings. The second-order valence-corrected chi connectivity index (χ2v) is 3.69. The van der Waals surface area contributed by atoms with Crippen LogP contribution in [0.5, 0.6) is 0 Å². The van der Waals surface area contributed by atoms with Gasteiger partial charge in [0.2, 0.25) is 0 Å². The van der Waals surface area contributed by atoms with Crippen LogP contribution in [0, 0.1) is 0 Å². The summed E-state index contributed by atoms with van der Waals surface area (Å²) in [5.74, 6) is 0. The largest absolute Gasteiger partial charge is 0.389 e. The molecule has 0 spiro atoms. The highest BCUT2D eigenvalue weighted by molar-refractivity contribution is 4.81. The van der Waals surface area contributed by atoms with Crippen LogP contribution in [0.4, 0.5) is 0 Å². The van der Waals surface area contributed by atoms with E-state index in [0.29, 0.717) is 39.6 Å². The fourth-order valence-corrected chi connectivity index (χ4v) is 1.68. The highest BCUT2D eigenvalue weighted by Gasteiger charge is 2.26. The second-order valence-electron chi connectivity index (χ2n) is 3.69. The van der Waals surface area contributed by atoms with Gasteiger partial charge < -0.3 is 24.6 Å². The van der Waals surface area contributed by atoms with Gasteiger partial charge in [-0.1, -0.05) is 0 Å². The minimum Gasteiger partial charge on any atom is -0.389 e. The zero-order valence-electron chi connectivity index (χ0n) is 8.15. The number of hydrogen-bond acceptors (Lipinski definition) is 5. The first kappa shape index (κ1) is 10.3. The summed E-state index contributed by atoms with van der Waals surface area (Å²) in [7, 11) is 0. The van der Waals surface area contributed by atoms with Crippen LogP contribution in [0.3, 0.4) is 0 Å². The van der Waals surface area contributed by atoms with Crippen LogP contribution in [-0.2, 0) is 14.2 Å². The van der Waals surface area contributed by atoms with E-state index in [1.165, 1.54) is 0 Å². The maximum Gasteiger partial charge on any atom is 0.0948 e. The van der Waals surface area contributed by atoms with E-state index in [9.17, 15) is 5.11 Å². The molecule has 0 aromatic carbocycles. The van der Waals surface area contributed by atoms with E-state index in [2.05, 4.69) is 5.32 Å². The number of ether oxygens (including phenoxy) is 3. The molecule has 0 saturated carbocycles. The van der Waals surface area contributed by atoms with E-state index < -0.39 is 0 Å². The maximum absolute atomic E-state index is 9.46. The van der Waals surface area contributed by atoms with Gasteiger partial charge >= 0.3 is 0 Å². The van der Waals surface area contributed by atoms with Crippen molar-refractivity contribution >= 4 is 0 Å². The van der Waals surface area contributed by atoms with Crippen molar-refractivity contribution < 1.29 is 19.3 Å². The molecule has 3 atom stereocenters. The third-order valence-corrected chi connectivity index (χ3v) is 2.54. The highest BCUT2D eigenvalue weighted by Crippen LogP contribution is 2.06. The van der Waals surface area contributed by atoms with Gasteiger partial charge in [-0.25, -0.2) is 0 Å². The zero-order chi connectivity index (χ0) is 9.80. The normalized spacial score (nSPS) is 38.8. The van der Waals surface area contributed by atoms with Crippen molar-refractivity contribution in [3.63, 3.8) is 0 Å². The summed E-state index contributed by atoms with van der Waals surface area (Å²) in [6.45, 7) is 3.71. The van der Waals surface area contributed by atoms with Crippen molar-refractivity contribution in [1.29, 1.82) is 0 Å². The molecule has 2 rings (SSSR count).